The van der Waals surface area contributed by atoms with E-state index in [1.807, 2.05) is 0 Å². The number of aromatic nitrogens is 1. The van der Waals surface area contributed by atoms with Crippen LogP contribution in [-0.2, 0) is 0 Å². The Morgan fingerprint density at radius 3 is 1.59 bits per heavy atom. The number of benzene rings is 9. The Labute approximate surface area is 315 Å². The molecule has 1 heterocycles. The molecule has 0 unspecified atom stereocenters. The van der Waals surface area contributed by atoms with Crippen LogP contribution in [0.25, 0.3) is 71.6 Å². The first-order valence-corrected chi connectivity index (χ1v) is 18.5. The van der Waals surface area contributed by atoms with E-state index in [0.29, 0.717) is 0 Å². The van der Waals surface area contributed by atoms with Crippen LogP contribution in [0.3, 0.4) is 0 Å². The van der Waals surface area contributed by atoms with Gasteiger partial charge in [-0.2, -0.15) is 0 Å². The largest absolute Gasteiger partial charge is 0.311 e. The summed E-state index contributed by atoms with van der Waals surface area (Å²) in [7, 11) is 0. The number of para-hydroxylation sites is 3. The topological polar surface area (TPSA) is 8.17 Å². The highest BCUT2D eigenvalue weighted by atomic mass is 15.1. The highest BCUT2D eigenvalue weighted by molar-refractivity contribution is 6.11. The Balaban J connectivity index is 1.08. The molecule has 0 aliphatic carbocycles. The number of rotatable bonds is 7. The van der Waals surface area contributed by atoms with Crippen molar-refractivity contribution in [2.75, 3.05) is 4.90 Å². The third-order valence-electron chi connectivity index (χ3n) is 10.6. The van der Waals surface area contributed by atoms with Gasteiger partial charge in [0.15, 0.2) is 0 Å². The summed E-state index contributed by atoms with van der Waals surface area (Å²) in [4.78, 5) is 2.33. The van der Waals surface area contributed by atoms with Crippen LogP contribution in [0.5, 0.6) is 0 Å². The molecule has 0 spiro atoms. The van der Waals surface area contributed by atoms with Gasteiger partial charge in [0.2, 0.25) is 0 Å². The second-order valence-corrected chi connectivity index (χ2v) is 13.8. The number of hydrogen-bond donors (Lipinski definition) is 0. The monoisotopic (exact) mass is 688 g/mol. The lowest BCUT2D eigenvalue weighted by atomic mass is 9.97. The summed E-state index contributed by atoms with van der Waals surface area (Å²) in [5.41, 5.74) is 14.1. The van der Waals surface area contributed by atoms with Crippen LogP contribution < -0.4 is 4.90 Å². The van der Waals surface area contributed by atoms with E-state index in [1.54, 1.807) is 0 Å². The molecule has 0 fully saturated rings. The maximum absolute atomic E-state index is 2.45. The highest BCUT2D eigenvalue weighted by Gasteiger charge is 2.18. The quantitative estimate of drug-likeness (QED) is 0.162. The molecule has 2 nitrogen and oxygen atoms in total. The van der Waals surface area contributed by atoms with Crippen LogP contribution in [-0.4, -0.2) is 4.57 Å². The molecule has 0 N–H and O–H groups in total. The van der Waals surface area contributed by atoms with Crippen LogP contribution in [0.2, 0.25) is 0 Å². The predicted octanol–water partition coefficient (Wildman–Crippen LogP) is 14.4. The Morgan fingerprint density at radius 2 is 0.815 bits per heavy atom. The van der Waals surface area contributed by atoms with Gasteiger partial charge >= 0.3 is 0 Å². The lowest BCUT2D eigenvalue weighted by Crippen LogP contribution is -2.09. The van der Waals surface area contributed by atoms with Crippen LogP contribution in [0.15, 0.2) is 218 Å². The van der Waals surface area contributed by atoms with Crippen molar-refractivity contribution in [2.45, 2.75) is 0 Å². The van der Waals surface area contributed by atoms with E-state index in [1.165, 1.54) is 60.4 Å². The number of hydrogen-bond acceptors (Lipinski definition) is 1. The lowest BCUT2D eigenvalue weighted by molar-refractivity contribution is 1.18. The van der Waals surface area contributed by atoms with E-state index in [-0.39, 0.29) is 0 Å². The molecule has 2 heteroatoms. The van der Waals surface area contributed by atoms with Gasteiger partial charge < -0.3 is 9.47 Å². The van der Waals surface area contributed by atoms with Gasteiger partial charge in [-0.15, -0.1) is 0 Å². The summed E-state index contributed by atoms with van der Waals surface area (Å²) in [6.07, 6.45) is 0. The maximum atomic E-state index is 2.45. The van der Waals surface area contributed by atoms with Gasteiger partial charge in [-0.1, -0.05) is 164 Å². The second-order valence-electron chi connectivity index (χ2n) is 13.8. The second kappa shape index (κ2) is 13.4. The molecular formula is C52H36N2. The summed E-state index contributed by atoms with van der Waals surface area (Å²) < 4.78 is 2.45. The number of anilines is 3. The minimum atomic E-state index is 1.10. The van der Waals surface area contributed by atoms with E-state index in [2.05, 4.69) is 228 Å². The van der Waals surface area contributed by atoms with E-state index in [9.17, 15) is 0 Å². The predicted molar refractivity (Wildman–Crippen MR) is 229 cm³/mol. The Bertz CT molecular complexity index is 2900. The van der Waals surface area contributed by atoms with Crippen molar-refractivity contribution in [1.29, 1.82) is 0 Å². The molecule has 0 saturated heterocycles. The van der Waals surface area contributed by atoms with Crippen LogP contribution in [0.1, 0.15) is 0 Å². The fraction of sp³-hybridized carbons (Fsp3) is 0. The van der Waals surface area contributed by atoms with Gasteiger partial charge in [-0.05, 0) is 93.2 Å². The Kier molecular flexibility index (Phi) is 7.85. The van der Waals surface area contributed by atoms with Crippen molar-refractivity contribution in [2.24, 2.45) is 0 Å². The van der Waals surface area contributed by atoms with Crippen LogP contribution in [0.4, 0.5) is 17.1 Å². The standard InChI is InChI=1S/C52H36N2/c1-3-14-37(15-4-1)38-26-31-43(32-27-38)53(42-18-5-2-6-19-42)44-33-28-40(29-34-44)47-21-9-11-24-50(47)54-51-25-12-10-22-48(51)49-35-30-41(36-52(49)54)46-23-13-17-39-16-7-8-20-45(39)46/h1-36H. The van der Waals surface area contributed by atoms with Crippen LogP contribution >= 0.6 is 0 Å². The molecule has 54 heavy (non-hydrogen) atoms. The lowest BCUT2D eigenvalue weighted by Gasteiger charge is -2.26. The zero-order valence-corrected chi connectivity index (χ0v) is 29.7. The summed E-state index contributed by atoms with van der Waals surface area (Å²) >= 11 is 0. The Morgan fingerprint density at radius 1 is 0.296 bits per heavy atom. The van der Waals surface area contributed by atoms with Crippen molar-refractivity contribution < 1.29 is 0 Å². The zero-order valence-electron chi connectivity index (χ0n) is 29.7. The molecule has 0 saturated carbocycles. The van der Waals surface area contributed by atoms with E-state index in [4.69, 9.17) is 0 Å². The van der Waals surface area contributed by atoms with Gasteiger partial charge in [0.1, 0.15) is 0 Å². The third-order valence-corrected chi connectivity index (χ3v) is 10.6. The van der Waals surface area contributed by atoms with Gasteiger partial charge in [0, 0.05) is 33.4 Å². The SMILES string of the molecule is c1ccc(-c2ccc(N(c3ccccc3)c3ccc(-c4ccccc4-n4c5ccccc5c5ccc(-c6cccc7ccccc67)cc54)cc3)cc2)cc1. The summed E-state index contributed by atoms with van der Waals surface area (Å²) in [6.45, 7) is 0. The van der Waals surface area contributed by atoms with Crippen molar-refractivity contribution >= 4 is 49.6 Å². The first-order chi connectivity index (χ1) is 26.8. The average Bonchev–Trinajstić information content (AvgIpc) is 3.58. The van der Waals surface area contributed by atoms with Gasteiger partial charge in [-0.25, -0.2) is 0 Å². The normalized spacial score (nSPS) is 11.3. The van der Waals surface area contributed by atoms with Crippen LogP contribution in [0, 0.1) is 0 Å². The number of nitrogens with zero attached hydrogens (tertiary/aromatic N) is 2. The molecule has 10 aromatic rings. The first kappa shape index (κ1) is 31.6. The highest BCUT2D eigenvalue weighted by Crippen LogP contribution is 2.41. The summed E-state index contributed by atoms with van der Waals surface area (Å²) in [6, 6.07) is 78.8. The van der Waals surface area contributed by atoms with Crippen molar-refractivity contribution in [3.8, 4) is 39.1 Å². The fourth-order valence-corrected chi connectivity index (χ4v) is 8.04. The summed E-state index contributed by atoms with van der Waals surface area (Å²) in [5, 5.41) is 5.01. The molecule has 0 atom stereocenters. The maximum Gasteiger partial charge on any atom is 0.0547 e. The molecule has 10 rings (SSSR count). The smallest absolute Gasteiger partial charge is 0.0547 e. The average molecular weight is 689 g/mol. The third kappa shape index (κ3) is 5.53. The van der Waals surface area contributed by atoms with Crippen molar-refractivity contribution in [3.63, 3.8) is 0 Å². The Hall–Kier alpha value is -7.16. The van der Waals surface area contributed by atoms with E-state index >= 15 is 0 Å². The van der Waals surface area contributed by atoms with Crippen molar-refractivity contribution in [3.05, 3.63) is 218 Å². The molecule has 9 aromatic carbocycles. The molecule has 1 aromatic heterocycles. The van der Waals surface area contributed by atoms with Gasteiger partial charge in [0.05, 0.1) is 16.7 Å². The molecule has 0 aliphatic rings. The first-order valence-electron chi connectivity index (χ1n) is 18.5. The molecular weight excluding hydrogens is 653 g/mol. The zero-order chi connectivity index (χ0) is 35.8. The van der Waals surface area contributed by atoms with E-state index in [0.717, 1.165) is 28.3 Å². The molecule has 0 bridgehead atoms. The minimum absolute atomic E-state index is 1.10. The van der Waals surface area contributed by atoms with Gasteiger partial charge in [0.25, 0.3) is 0 Å². The van der Waals surface area contributed by atoms with Crippen molar-refractivity contribution in [1.82, 2.24) is 4.57 Å². The minimum Gasteiger partial charge on any atom is -0.311 e. The molecule has 0 aliphatic heterocycles. The fourth-order valence-electron chi connectivity index (χ4n) is 8.04. The van der Waals surface area contributed by atoms with E-state index < -0.39 is 0 Å². The van der Waals surface area contributed by atoms with Gasteiger partial charge in [-0.3, -0.25) is 0 Å². The molecule has 0 amide bonds. The molecule has 254 valence electrons. The number of fused-ring (bicyclic) bond motifs is 4. The molecule has 0 radical (unpaired) electrons. The summed E-state index contributed by atoms with van der Waals surface area (Å²) in [5.74, 6) is 0.